The van der Waals surface area contributed by atoms with Crippen LogP contribution < -0.4 is 5.32 Å². The highest BCUT2D eigenvalue weighted by Gasteiger charge is 2.18. The maximum Gasteiger partial charge on any atom is 0.282 e. The van der Waals surface area contributed by atoms with Crippen molar-refractivity contribution in [2.45, 2.75) is 6.42 Å². The third-order valence-corrected chi connectivity index (χ3v) is 3.70. The second-order valence-electron chi connectivity index (χ2n) is 5.41. The van der Waals surface area contributed by atoms with Gasteiger partial charge in [-0.1, -0.05) is 30.3 Å². The van der Waals surface area contributed by atoms with E-state index >= 15 is 0 Å². The van der Waals surface area contributed by atoms with Crippen molar-refractivity contribution < 1.29 is 9.72 Å². The Morgan fingerprint density at radius 3 is 2.60 bits per heavy atom. The molecule has 1 heterocycles. The molecule has 0 aliphatic heterocycles. The van der Waals surface area contributed by atoms with Gasteiger partial charge in [-0.3, -0.25) is 14.9 Å². The summed E-state index contributed by atoms with van der Waals surface area (Å²) < 4.78 is 1.76. The third kappa shape index (κ3) is 3.89. The zero-order valence-electron chi connectivity index (χ0n) is 13.3. The highest BCUT2D eigenvalue weighted by atomic mass is 16.6. The molecule has 1 amide bonds. The zero-order valence-corrected chi connectivity index (χ0v) is 13.3. The van der Waals surface area contributed by atoms with E-state index in [1.54, 1.807) is 16.9 Å². The lowest BCUT2D eigenvalue weighted by Gasteiger charge is -2.05. The van der Waals surface area contributed by atoms with Gasteiger partial charge >= 0.3 is 0 Å². The Morgan fingerprint density at radius 1 is 1.12 bits per heavy atom. The van der Waals surface area contributed by atoms with Gasteiger partial charge in [0.05, 0.1) is 16.8 Å². The van der Waals surface area contributed by atoms with Gasteiger partial charge in [0.1, 0.15) is 5.56 Å². The van der Waals surface area contributed by atoms with Crippen LogP contribution in [0.2, 0.25) is 0 Å². The van der Waals surface area contributed by atoms with Crippen LogP contribution in [0.4, 0.5) is 5.69 Å². The molecule has 0 spiro atoms. The molecule has 126 valence electrons. The number of carbonyl (C=O) groups is 1. The lowest BCUT2D eigenvalue weighted by atomic mass is 10.1. The van der Waals surface area contributed by atoms with Crippen molar-refractivity contribution >= 4 is 11.6 Å². The molecule has 0 bridgehead atoms. The van der Waals surface area contributed by atoms with Crippen LogP contribution in [0.5, 0.6) is 0 Å². The number of para-hydroxylation sites is 2. The van der Waals surface area contributed by atoms with Crippen molar-refractivity contribution in [3.05, 3.63) is 88.2 Å². The topological polar surface area (TPSA) is 90.1 Å². The monoisotopic (exact) mass is 336 g/mol. The fraction of sp³-hybridized carbons (Fsp3) is 0.111. The Kier molecular flexibility index (Phi) is 4.84. The molecule has 7 heteroatoms. The van der Waals surface area contributed by atoms with E-state index in [1.165, 1.54) is 18.2 Å². The molecule has 3 rings (SSSR count). The molecule has 0 radical (unpaired) electrons. The van der Waals surface area contributed by atoms with Crippen LogP contribution in [0.1, 0.15) is 15.9 Å². The molecule has 0 fully saturated rings. The molecular formula is C18H16N4O3. The van der Waals surface area contributed by atoms with Crippen LogP contribution in [-0.4, -0.2) is 27.2 Å². The van der Waals surface area contributed by atoms with Gasteiger partial charge in [-0.15, -0.1) is 0 Å². The van der Waals surface area contributed by atoms with Gasteiger partial charge in [0, 0.05) is 18.8 Å². The lowest BCUT2D eigenvalue weighted by Crippen LogP contribution is -2.26. The molecular weight excluding hydrogens is 320 g/mol. The molecule has 0 saturated carbocycles. The zero-order chi connectivity index (χ0) is 17.6. The first-order valence-corrected chi connectivity index (χ1v) is 7.76. The van der Waals surface area contributed by atoms with Gasteiger partial charge in [0.2, 0.25) is 0 Å². The molecule has 7 nitrogen and oxygen atoms in total. The predicted molar refractivity (Wildman–Crippen MR) is 92.7 cm³/mol. The number of amides is 1. The number of aromatic nitrogens is 2. The summed E-state index contributed by atoms with van der Waals surface area (Å²) in [6.45, 7) is 0.366. The largest absolute Gasteiger partial charge is 0.351 e. The number of hydrogen-bond acceptors (Lipinski definition) is 4. The SMILES string of the molecule is O=C(NCCc1cnn(-c2ccccc2)c1)c1ccccc1[N+](=O)[O-]. The number of nitrogens with one attached hydrogen (secondary N) is 1. The smallest absolute Gasteiger partial charge is 0.282 e. The van der Waals surface area contributed by atoms with Gasteiger partial charge in [0.25, 0.3) is 11.6 Å². The second kappa shape index (κ2) is 7.39. The van der Waals surface area contributed by atoms with Gasteiger partial charge in [-0.25, -0.2) is 4.68 Å². The van der Waals surface area contributed by atoms with Crippen LogP contribution in [0, 0.1) is 10.1 Å². The minimum Gasteiger partial charge on any atom is -0.351 e. The van der Waals surface area contributed by atoms with Crippen LogP contribution in [-0.2, 0) is 6.42 Å². The van der Waals surface area contributed by atoms with E-state index in [2.05, 4.69) is 10.4 Å². The molecule has 0 atom stereocenters. The molecule has 25 heavy (non-hydrogen) atoms. The summed E-state index contributed by atoms with van der Waals surface area (Å²) in [5, 5.41) is 18.0. The molecule has 0 aliphatic rings. The van der Waals surface area contributed by atoms with E-state index in [0.29, 0.717) is 13.0 Å². The normalized spacial score (nSPS) is 10.4. The van der Waals surface area contributed by atoms with Crippen LogP contribution in [0.25, 0.3) is 5.69 Å². The van der Waals surface area contributed by atoms with E-state index in [4.69, 9.17) is 0 Å². The number of carbonyl (C=O) groups excluding carboxylic acids is 1. The Balaban J connectivity index is 1.60. The van der Waals surface area contributed by atoms with Crippen molar-refractivity contribution in [1.82, 2.24) is 15.1 Å². The maximum atomic E-state index is 12.2. The van der Waals surface area contributed by atoms with Crippen molar-refractivity contribution in [2.75, 3.05) is 6.54 Å². The maximum absolute atomic E-state index is 12.2. The summed E-state index contributed by atoms with van der Waals surface area (Å²) in [6, 6.07) is 15.6. The van der Waals surface area contributed by atoms with Gasteiger partial charge in [0.15, 0.2) is 0 Å². The number of nitrogens with zero attached hydrogens (tertiary/aromatic N) is 3. The number of nitro groups is 1. The number of nitro benzene ring substituents is 1. The van der Waals surface area contributed by atoms with Gasteiger partial charge in [-0.2, -0.15) is 5.10 Å². The van der Waals surface area contributed by atoms with E-state index in [0.717, 1.165) is 11.3 Å². The van der Waals surface area contributed by atoms with E-state index < -0.39 is 10.8 Å². The number of benzene rings is 2. The van der Waals surface area contributed by atoms with Crippen LogP contribution in [0.3, 0.4) is 0 Å². The summed E-state index contributed by atoms with van der Waals surface area (Å²) in [4.78, 5) is 22.6. The van der Waals surface area contributed by atoms with Crippen molar-refractivity contribution in [2.24, 2.45) is 0 Å². The summed E-state index contributed by atoms with van der Waals surface area (Å²) in [6.07, 6.45) is 4.22. The molecule has 0 aliphatic carbocycles. The quantitative estimate of drug-likeness (QED) is 0.553. The number of hydrogen-bond donors (Lipinski definition) is 1. The first kappa shape index (κ1) is 16.4. The fourth-order valence-electron chi connectivity index (χ4n) is 2.45. The predicted octanol–water partition coefficient (Wildman–Crippen LogP) is 2.75. The minimum absolute atomic E-state index is 0.0625. The Labute approximate surface area is 144 Å². The van der Waals surface area contributed by atoms with Crippen LogP contribution in [0.15, 0.2) is 67.0 Å². The van der Waals surface area contributed by atoms with E-state index in [1.807, 2.05) is 36.5 Å². The average Bonchev–Trinajstić information content (AvgIpc) is 3.11. The number of rotatable bonds is 6. The second-order valence-corrected chi connectivity index (χ2v) is 5.41. The first-order valence-electron chi connectivity index (χ1n) is 7.76. The Bertz CT molecular complexity index is 890. The van der Waals surface area contributed by atoms with Gasteiger partial charge < -0.3 is 5.32 Å². The Hall–Kier alpha value is -3.48. The van der Waals surface area contributed by atoms with Crippen molar-refractivity contribution in [3.8, 4) is 5.69 Å². The lowest BCUT2D eigenvalue weighted by molar-refractivity contribution is -0.385. The fourth-order valence-corrected chi connectivity index (χ4v) is 2.45. The molecule has 0 saturated heterocycles. The first-order chi connectivity index (χ1) is 12.1. The minimum atomic E-state index is -0.557. The summed E-state index contributed by atoms with van der Waals surface area (Å²) in [5.41, 5.74) is 1.79. The standard InChI is InChI=1S/C18H16N4O3/c23-18(16-8-4-5-9-17(16)22(24)25)19-11-10-14-12-20-21(13-14)15-6-2-1-3-7-15/h1-9,12-13H,10-11H2,(H,19,23). The van der Waals surface area contributed by atoms with E-state index in [-0.39, 0.29) is 11.3 Å². The Morgan fingerprint density at radius 2 is 1.84 bits per heavy atom. The molecule has 0 unspecified atom stereocenters. The highest BCUT2D eigenvalue weighted by molar-refractivity contribution is 5.98. The average molecular weight is 336 g/mol. The molecule has 2 aromatic carbocycles. The summed E-state index contributed by atoms with van der Waals surface area (Å²) in [7, 11) is 0. The van der Waals surface area contributed by atoms with Crippen molar-refractivity contribution in [3.63, 3.8) is 0 Å². The van der Waals surface area contributed by atoms with Crippen molar-refractivity contribution in [1.29, 1.82) is 0 Å². The summed E-state index contributed by atoms with van der Waals surface area (Å²) in [5.74, 6) is -0.456. The third-order valence-electron chi connectivity index (χ3n) is 3.70. The highest BCUT2D eigenvalue weighted by Crippen LogP contribution is 2.17. The summed E-state index contributed by atoms with van der Waals surface area (Å²) >= 11 is 0. The van der Waals surface area contributed by atoms with E-state index in [9.17, 15) is 14.9 Å². The molecule has 1 N–H and O–H groups in total. The molecule has 3 aromatic rings. The van der Waals surface area contributed by atoms with Gasteiger partial charge in [-0.05, 0) is 30.2 Å². The molecule has 1 aromatic heterocycles. The van der Waals surface area contributed by atoms with Crippen LogP contribution >= 0.6 is 0 Å².